The van der Waals surface area contributed by atoms with Crippen LogP contribution in [0.25, 0.3) is 0 Å². The molecule has 0 bridgehead atoms. The molecule has 2 nitrogen and oxygen atoms in total. The molecule has 0 aromatic rings. The summed E-state index contributed by atoms with van der Waals surface area (Å²) < 4.78 is 2.49. The quantitative estimate of drug-likeness (QED) is 0.499. The minimum Gasteiger partial charge on any atom is -0.306 e. The van der Waals surface area contributed by atoms with Crippen molar-refractivity contribution in [2.24, 2.45) is 5.41 Å². The van der Waals surface area contributed by atoms with Gasteiger partial charge in [0.15, 0.2) is 0 Å². The normalized spacial score (nSPS) is 30.9. The van der Waals surface area contributed by atoms with E-state index in [0.29, 0.717) is 5.41 Å². The van der Waals surface area contributed by atoms with Gasteiger partial charge in [-0.3, -0.25) is 0 Å². The Labute approximate surface area is 95.2 Å². The first-order chi connectivity index (χ1) is 6.20. The highest BCUT2D eigenvalue weighted by atomic mass is 127. The Bertz CT molecular complexity index is 176. The fraction of sp³-hybridized carbons (Fsp3) is 1.00. The summed E-state index contributed by atoms with van der Waals surface area (Å²) >= 11 is 2.49. The van der Waals surface area contributed by atoms with Gasteiger partial charge in [0.2, 0.25) is 0 Å². The third kappa shape index (κ3) is 2.36. The van der Waals surface area contributed by atoms with Crippen molar-refractivity contribution in [3.05, 3.63) is 0 Å². The Morgan fingerprint density at radius 3 is 2.38 bits per heavy atom. The lowest BCUT2D eigenvalue weighted by molar-refractivity contribution is 0.0720. The molecule has 2 aliphatic rings. The second-order valence-electron chi connectivity index (χ2n) is 4.75. The number of halogens is 1. The lowest BCUT2D eigenvalue weighted by Crippen LogP contribution is -2.46. The largest absolute Gasteiger partial charge is 0.306 e. The van der Waals surface area contributed by atoms with Crippen LogP contribution >= 0.6 is 22.9 Å². The van der Waals surface area contributed by atoms with Crippen LogP contribution < -0.4 is 0 Å². The first-order valence-electron chi connectivity index (χ1n) is 5.30. The maximum atomic E-state index is 2.49. The van der Waals surface area contributed by atoms with Crippen molar-refractivity contribution in [1.29, 1.82) is 0 Å². The monoisotopic (exact) mass is 294 g/mol. The van der Waals surface area contributed by atoms with Crippen molar-refractivity contribution >= 4 is 22.9 Å². The van der Waals surface area contributed by atoms with Crippen LogP contribution in [0.5, 0.6) is 0 Å². The lowest BCUT2D eigenvalue weighted by Gasteiger charge is -2.45. The predicted molar refractivity (Wildman–Crippen MR) is 64.0 cm³/mol. The highest BCUT2D eigenvalue weighted by Gasteiger charge is 2.36. The average molecular weight is 294 g/mol. The van der Waals surface area contributed by atoms with Gasteiger partial charge >= 0.3 is 0 Å². The number of hydrogen-bond acceptors (Lipinski definition) is 2. The molecule has 0 atom stereocenters. The molecule has 1 spiro atoms. The van der Waals surface area contributed by atoms with Gasteiger partial charge in [-0.1, -0.05) is 0 Å². The van der Waals surface area contributed by atoms with E-state index in [1.165, 1.54) is 51.9 Å². The van der Waals surface area contributed by atoms with Gasteiger partial charge in [0.25, 0.3) is 0 Å². The molecular formula is C10H19IN2. The molecule has 0 aromatic heterocycles. The average Bonchev–Trinajstić information content (AvgIpc) is 2.11. The summed E-state index contributed by atoms with van der Waals surface area (Å²) in [7, 11) is 2.25. The Morgan fingerprint density at radius 1 is 1.08 bits per heavy atom. The highest BCUT2D eigenvalue weighted by Crippen LogP contribution is 2.40. The minimum atomic E-state index is 0.686. The number of rotatable bonds is 0. The number of nitrogens with zero attached hydrogens (tertiary/aromatic N) is 2. The third-order valence-electron chi connectivity index (χ3n) is 3.66. The molecule has 2 heterocycles. The van der Waals surface area contributed by atoms with E-state index >= 15 is 0 Å². The van der Waals surface area contributed by atoms with Gasteiger partial charge in [-0.15, -0.1) is 0 Å². The van der Waals surface area contributed by atoms with Crippen molar-refractivity contribution in [2.45, 2.75) is 25.7 Å². The van der Waals surface area contributed by atoms with Crippen molar-refractivity contribution in [1.82, 2.24) is 8.01 Å². The van der Waals surface area contributed by atoms with Crippen molar-refractivity contribution in [3.63, 3.8) is 0 Å². The molecule has 0 N–H and O–H groups in total. The fourth-order valence-electron chi connectivity index (χ4n) is 2.65. The Balaban J connectivity index is 1.95. The minimum absolute atomic E-state index is 0.686. The van der Waals surface area contributed by atoms with E-state index in [1.54, 1.807) is 0 Å². The number of likely N-dealkylation sites (tertiary alicyclic amines) is 1. The highest BCUT2D eigenvalue weighted by molar-refractivity contribution is 14.1. The van der Waals surface area contributed by atoms with Crippen LogP contribution in [-0.2, 0) is 0 Å². The summed E-state index contributed by atoms with van der Waals surface area (Å²) in [5.41, 5.74) is 0.686. The summed E-state index contributed by atoms with van der Waals surface area (Å²) in [4.78, 5) is 2.47. The molecule has 3 heteroatoms. The molecule has 0 radical (unpaired) electrons. The topological polar surface area (TPSA) is 6.48 Å². The zero-order chi connectivity index (χ0) is 9.31. The maximum Gasteiger partial charge on any atom is 0.0201 e. The third-order valence-corrected chi connectivity index (χ3v) is 4.49. The molecule has 2 aliphatic heterocycles. The van der Waals surface area contributed by atoms with E-state index in [0.717, 1.165) is 0 Å². The summed E-state index contributed by atoms with van der Waals surface area (Å²) in [5, 5.41) is 0. The standard InChI is InChI=1S/C10H19IN2/c1-12-7-4-10(5-8-12)3-2-6-13(11)9-10/h2-9H2,1H3. The van der Waals surface area contributed by atoms with Gasteiger partial charge in [0.05, 0.1) is 0 Å². The van der Waals surface area contributed by atoms with E-state index in [1.807, 2.05) is 0 Å². The van der Waals surface area contributed by atoms with Gasteiger partial charge in [-0.2, -0.15) is 0 Å². The zero-order valence-electron chi connectivity index (χ0n) is 8.43. The van der Waals surface area contributed by atoms with Crippen LogP contribution in [0.4, 0.5) is 0 Å². The van der Waals surface area contributed by atoms with Gasteiger partial charge in [-0.05, 0) is 51.2 Å². The summed E-state index contributed by atoms with van der Waals surface area (Å²) in [6.45, 7) is 5.26. The Hall–Kier alpha value is 0.650. The molecule has 2 fully saturated rings. The molecular weight excluding hydrogens is 275 g/mol. The van der Waals surface area contributed by atoms with Crippen molar-refractivity contribution in [2.75, 3.05) is 33.2 Å². The van der Waals surface area contributed by atoms with Crippen molar-refractivity contribution < 1.29 is 0 Å². The van der Waals surface area contributed by atoms with E-state index < -0.39 is 0 Å². The molecule has 0 amide bonds. The molecule has 0 unspecified atom stereocenters. The predicted octanol–water partition coefficient (Wildman–Crippen LogP) is 2.14. The molecule has 0 aliphatic carbocycles. The summed E-state index contributed by atoms with van der Waals surface area (Å²) in [6, 6.07) is 0. The van der Waals surface area contributed by atoms with E-state index in [4.69, 9.17) is 0 Å². The zero-order valence-corrected chi connectivity index (χ0v) is 10.6. The van der Waals surface area contributed by atoms with Crippen LogP contribution in [0.3, 0.4) is 0 Å². The molecule has 76 valence electrons. The molecule has 2 rings (SSSR count). The van der Waals surface area contributed by atoms with Crippen LogP contribution in [0, 0.1) is 5.41 Å². The smallest absolute Gasteiger partial charge is 0.0201 e. The van der Waals surface area contributed by atoms with Crippen molar-refractivity contribution in [3.8, 4) is 0 Å². The van der Waals surface area contributed by atoms with E-state index in [2.05, 4.69) is 37.9 Å². The van der Waals surface area contributed by atoms with Gasteiger partial charge in [0.1, 0.15) is 0 Å². The first-order valence-corrected chi connectivity index (χ1v) is 6.26. The second kappa shape index (κ2) is 4.03. The Kier molecular flexibility index (Phi) is 3.15. The summed E-state index contributed by atoms with van der Waals surface area (Å²) in [5.74, 6) is 0. The number of piperidine rings is 2. The maximum absolute atomic E-state index is 2.49. The van der Waals surface area contributed by atoms with Gasteiger partial charge in [-0.25, -0.2) is 3.11 Å². The van der Waals surface area contributed by atoms with E-state index in [-0.39, 0.29) is 0 Å². The first kappa shape index (κ1) is 10.2. The molecule has 0 saturated carbocycles. The molecule has 0 aromatic carbocycles. The summed E-state index contributed by atoms with van der Waals surface area (Å²) in [6.07, 6.45) is 5.72. The molecule has 2 saturated heterocycles. The fourth-order valence-corrected chi connectivity index (χ4v) is 3.71. The van der Waals surface area contributed by atoms with Crippen LogP contribution in [0.15, 0.2) is 0 Å². The van der Waals surface area contributed by atoms with Crippen LogP contribution in [-0.4, -0.2) is 41.2 Å². The van der Waals surface area contributed by atoms with E-state index in [9.17, 15) is 0 Å². The molecule has 13 heavy (non-hydrogen) atoms. The van der Waals surface area contributed by atoms with Gasteiger partial charge in [0, 0.05) is 36.0 Å². The number of hydrogen-bond donors (Lipinski definition) is 0. The van der Waals surface area contributed by atoms with Gasteiger partial charge < -0.3 is 4.90 Å². The van der Waals surface area contributed by atoms with Crippen LogP contribution in [0.1, 0.15) is 25.7 Å². The van der Waals surface area contributed by atoms with Crippen LogP contribution in [0.2, 0.25) is 0 Å². The Morgan fingerprint density at radius 2 is 1.77 bits per heavy atom. The second-order valence-corrected chi connectivity index (χ2v) is 6.12. The SMILES string of the molecule is CN1CCC2(CCCN(I)C2)CC1. The lowest BCUT2D eigenvalue weighted by atomic mass is 9.73.